The van der Waals surface area contributed by atoms with Gasteiger partial charge in [0, 0.05) is 15.9 Å². The Labute approximate surface area is 161 Å². The Bertz CT molecular complexity index is 884. The second-order valence-electron chi connectivity index (χ2n) is 6.45. The van der Waals surface area contributed by atoms with E-state index < -0.39 is 6.04 Å². The Morgan fingerprint density at radius 2 is 1.65 bits per heavy atom. The van der Waals surface area contributed by atoms with Crippen LogP contribution in [-0.2, 0) is 4.79 Å². The van der Waals surface area contributed by atoms with Gasteiger partial charge in [0.25, 0.3) is 5.91 Å². The minimum atomic E-state index is -0.511. The van der Waals surface area contributed by atoms with E-state index in [1.54, 1.807) is 6.92 Å². The van der Waals surface area contributed by atoms with Crippen molar-refractivity contribution >= 4 is 33.6 Å². The van der Waals surface area contributed by atoms with Crippen LogP contribution < -0.4 is 16.0 Å². The van der Waals surface area contributed by atoms with Crippen molar-refractivity contribution in [2.75, 3.05) is 5.32 Å². The highest BCUT2D eigenvalue weighted by atomic mass is 79.9. The number of rotatable bonds is 3. The summed E-state index contributed by atoms with van der Waals surface area (Å²) in [6.45, 7) is 5.71. The highest BCUT2D eigenvalue weighted by Gasteiger charge is 2.31. The molecule has 0 aliphatic carbocycles. The van der Waals surface area contributed by atoms with Gasteiger partial charge in [-0.05, 0) is 61.7 Å². The van der Waals surface area contributed by atoms with Gasteiger partial charge in [0.15, 0.2) is 0 Å². The van der Waals surface area contributed by atoms with Crippen molar-refractivity contribution in [3.05, 3.63) is 74.9 Å². The van der Waals surface area contributed by atoms with E-state index in [9.17, 15) is 9.59 Å². The van der Waals surface area contributed by atoms with Gasteiger partial charge in [0.1, 0.15) is 0 Å². The van der Waals surface area contributed by atoms with Crippen LogP contribution in [0, 0.1) is 13.8 Å². The maximum atomic E-state index is 13.0. The van der Waals surface area contributed by atoms with Crippen molar-refractivity contribution in [1.82, 2.24) is 10.6 Å². The first kappa shape index (κ1) is 18.2. The summed E-state index contributed by atoms with van der Waals surface area (Å²) >= 11 is 3.40. The number of urea groups is 1. The van der Waals surface area contributed by atoms with E-state index in [0.29, 0.717) is 11.3 Å². The molecule has 0 saturated carbocycles. The van der Waals surface area contributed by atoms with Crippen molar-refractivity contribution < 1.29 is 9.59 Å². The van der Waals surface area contributed by atoms with Gasteiger partial charge < -0.3 is 16.0 Å². The molecular weight excluding hydrogens is 394 g/mol. The van der Waals surface area contributed by atoms with Gasteiger partial charge in [0.05, 0.1) is 11.6 Å². The van der Waals surface area contributed by atoms with Crippen LogP contribution in [0.3, 0.4) is 0 Å². The van der Waals surface area contributed by atoms with Gasteiger partial charge in [-0.25, -0.2) is 4.79 Å². The maximum absolute atomic E-state index is 13.0. The number of allylic oxidation sites excluding steroid dienone is 1. The second kappa shape index (κ2) is 7.33. The van der Waals surface area contributed by atoms with Crippen LogP contribution >= 0.6 is 15.9 Å². The molecule has 1 unspecified atom stereocenters. The molecule has 0 spiro atoms. The molecule has 1 aliphatic rings. The highest BCUT2D eigenvalue weighted by Crippen LogP contribution is 2.29. The largest absolute Gasteiger partial charge is 0.327 e. The average Bonchev–Trinajstić information content (AvgIpc) is 2.53. The number of halogens is 1. The lowest BCUT2D eigenvalue weighted by atomic mass is 9.95. The Balaban J connectivity index is 1.95. The monoisotopic (exact) mass is 413 g/mol. The molecule has 1 heterocycles. The normalized spacial score (nSPS) is 16.8. The number of amides is 3. The Morgan fingerprint density at radius 1 is 1.04 bits per heavy atom. The van der Waals surface area contributed by atoms with E-state index in [1.807, 2.05) is 56.3 Å². The lowest BCUT2D eigenvalue weighted by Crippen LogP contribution is -2.45. The van der Waals surface area contributed by atoms with Gasteiger partial charge in [-0.1, -0.05) is 34.1 Å². The van der Waals surface area contributed by atoms with Crippen LogP contribution in [0.2, 0.25) is 0 Å². The van der Waals surface area contributed by atoms with Gasteiger partial charge in [0.2, 0.25) is 0 Å². The molecule has 2 aromatic rings. The first-order valence-electron chi connectivity index (χ1n) is 8.27. The standard InChI is InChI=1S/C20H20BrN3O2/c1-11-8-12(2)10-16(9-11)23-19(25)17-13(3)22-20(26)24-18(17)14-4-6-15(21)7-5-14/h4-10,18H,1-3H3,(H,23,25)(H2,22,24,26). The van der Waals surface area contributed by atoms with Gasteiger partial charge in [-0.15, -0.1) is 0 Å². The number of hydrogen-bond donors (Lipinski definition) is 3. The first-order chi connectivity index (χ1) is 12.3. The van der Waals surface area contributed by atoms with Crippen molar-refractivity contribution in [2.45, 2.75) is 26.8 Å². The molecule has 6 heteroatoms. The molecule has 0 radical (unpaired) electrons. The summed E-state index contributed by atoms with van der Waals surface area (Å²) in [6, 6.07) is 12.6. The zero-order valence-electron chi connectivity index (χ0n) is 14.8. The van der Waals surface area contributed by atoms with Gasteiger partial charge in [-0.3, -0.25) is 4.79 Å². The highest BCUT2D eigenvalue weighted by molar-refractivity contribution is 9.10. The maximum Gasteiger partial charge on any atom is 0.319 e. The molecule has 3 amide bonds. The molecule has 2 aromatic carbocycles. The molecule has 1 aliphatic heterocycles. The number of benzene rings is 2. The number of carbonyl (C=O) groups is 2. The number of carbonyl (C=O) groups excluding carboxylic acids is 2. The third kappa shape index (κ3) is 3.96. The molecular formula is C20H20BrN3O2. The SMILES string of the molecule is CC1=C(C(=O)Nc2cc(C)cc(C)c2)C(c2ccc(Br)cc2)NC(=O)N1. The van der Waals surface area contributed by atoms with E-state index in [2.05, 4.69) is 31.9 Å². The summed E-state index contributed by atoms with van der Waals surface area (Å²) < 4.78 is 0.934. The minimum Gasteiger partial charge on any atom is -0.327 e. The summed E-state index contributed by atoms with van der Waals surface area (Å²) in [7, 11) is 0. The van der Waals surface area contributed by atoms with Crippen LogP contribution in [0.5, 0.6) is 0 Å². The molecule has 0 aromatic heterocycles. The van der Waals surface area contributed by atoms with Gasteiger partial charge >= 0.3 is 6.03 Å². The van der Waals surface area contributed by atoms with E-state index in [-0.39, 0.29) is 11.9 Å². The van der Waals surface area contributed by atoms with E-state index >= 15 is 0 Å². The zero-order valence-corrected chi connectivity index (χ0v) is 16.4. The molecule has 0 saturated heterocycles. The van der Waals surface area contributed by atoms with Gasteiger partial charge in [-0.2, -0.15) is 0 Å². The Hall–Kier alpha value is -2.60. The van der Waals surface area contributed by atoms with E-state index in [1.165, 1.54) is 0 Å². The fraction of sp³-hybridized carbons (Fsp3) is 0.200. The third-order valence-corrected chi connectivity index (χ3v) is 4.73. The Kier molecular flexibility index (Phi) is 5.13. The fourth-order valence-electron chi connectivity index (χ4n) is 3.15. The number of anilines is 1. The van der Waals surface area contributed by atoms with Crippen LogP contribution in [-0.4, -0.2) is 11.9 Å². The number of hydrogen-bond acceptors (Lipinski definition) is 2. The predicted octanol–water partition coefficient (Wildman–Crippen LogP) is 4.33. The summed E-state index contributed by atoms with van der Waals surface area (Å²) in [4.78, 5) is 24.9. The number of nitrogens with one attached hydrogen (secondary N) is 3. The smallest absolute Gasteiger partial charge is 0.319 e. The summed E-state index contributed by atoms with van der Waals surface area (Å²) in [6.07, 6.45) is 0. The third-order valence-electron chi connectivity index (χ3n) is 4.20. The topological polar surface area (TPSA) is 70.2 Å². The summed E-state index contributed by atoms with van der Waals surface area (Å²) in [5, 5.41) is 8.48. The number of aryl methyl sites for hydroxylation is 2. The van der Waals surface area contributed by atoms with Crippen LogP contribution in [0.1, 0.15) is 29.7 Å². The fourth-order valence-corrected chi connectivity index (χ4v) is 3.41. The average molecular weight is 414 g/mol. The quantitative estimate of drug-likeness (QED) is 0.700. The Morgan fingerprint density at radius 3 is 2.27 bits per heavy atom. The first-order valence-corrected chi connectivity index (χ1v) is 9.06. The van der Waals surface area contributed by atoms with Crippen molar-refractivity contribution in [3.8, 4) is 0 Å². The predicted molar refractivity (Wildman–Crippen MR) is 106 cm³/mol. The molecule has 1 atom stereocenters. The minimum absolute atomic E-state index is 0.243. The molecule has 5 nitrogen and oxygen atoms in total. The molecule has 134 valence electrons. The molecule has 0 fully saturated rings. The molecule has 26 heavy (non-hydrogen) atoms. The summed E-state index contributed by atoms with van der Waals surface area (Å²) in [5.41, 5.74) is 4.76. The van der Waals surface area contributed by atoms with Crippen LogP contribution in [0.15, 0.2) is 58.2 Å². The van der Waals surface area contributed by atoms with E-state index in [0.717, 1.165) is 26.9 Å². The van der Waals surface area contributed by atoms with Crippen LogP contribution in [0.25, 0.3) is 0 Å². The molecule has 3 N–H and O–H groups in total. The van der Waals surface area contributed by atoms with Crippen LogP contribution in [0.4, 0.5) is 10.5 Å². The lowest BCUT2D eigenvalue weighted by molar-refractivity contribution is -0.113. The van der Waals surface area contributed by atoms with Crippen molar-refractivity contribution in [3.63, 3.8) is 0 Å². The second-order valence-corrected chi connectivity index (χ2v) is 7.37. The zero-order chi connectivity index (χ0) is 18.8. The summed E-state index contributed by atoms with van der Waals surface area (Å²) in [5.74, 6) is -0.243. The molecule has 0 bridgehead atoms. The van der Waals surface area contributed by atoms with Crippen molar-refractivity contribution in [2.24, 2.45) is 0 Å². The van der Waals surface area contributed by atoms with E-state index in [4.69, 9.17) is 0 Å². The molecule has 3 rings (SSSR count). The van der Waals surface area contributed by atoms with Crippen molar-refractivity contribution in [1.29, 1.82) is 0 Å². The lowest BCUT2D eigenvalue weighted by Gasteiger charge is -2.28.